The molecular formula is C16H24F3N3O2. The summed E-state index contributed by atoms with van der Waals surface area (Å²) in [6.07, 6.45) is -1.67. The topological polar surface area (TPSA) is 58.4 Å². The van der Waals surface area contributed by atoms with Crippen LogP contribution in [0.3, 0.4) is 0 Å². The lowest BCUT2D eigenvalue weighted by Gasteiger charge is -2.40. The van der Waals surface area contributed by atoms with Crippen LogP contribution in [0.2, 0.25) is 0 Å². The van der Waals surface area contributed by atoms with Gasteiger partial charge in [0.2, 0.25) is 0 Å². The molecule has 136 valence electrons. The van der Waals surface area contributed by atoms with Crippen molar-refractivity contribution < 1.29 is 23.1 Å². The van der Waals surface area contributed by atoms with Crippen LogP contribution in [0.1, 0.15) is 62.1 Å². The Hall–Kier alpha value is -1.57. The van der Waals surface area contributed by atoms with Gasteiger partial charge in [-0.05, 0) is 38.5 Å². The minimum atomic E-state index is -4.64. The molecular weight excluding hydrogens is 323 g/mol. The Morgan fingerprint density at radius 2 is 1.96 bits per heavy atom. The minimum absolute atomic E-state index is 0.0324. The van der Waals surface area contributed by atoms with E-state index in [-0.39, 0.29) is 12.0 Å². The number of aromatic nitrogens is 2. The normalized spacial score (nSPS) is 18.2. The van der Waals surface area contributed by atoms with Crippen LogP contribution in [-0.4, -0.2) is 45.4 Å². The van der Waals surface area contributed by atoms with Gasteiger partial charge < -0.3 is 10.0 Å². The molecule has 0 radical (unpaired) electrons. The monoisotopic (exact) mass is 347 g/mol. The number of nitrogens with zero attached hydrogens (tertiary/aromatic N) is 3. The summed E-state index contributed by atoms with van der Waals surface area (Å²) in [6.45, 7) is 5.88. The number of rotatable bonds is 4. The zero-order valence-electron chi connectivity index (χ0n) is 14.2. The maximum absolute atomic E-state index is 13.4. The number of carbonyl (C=O) groups is 1. The first kappa shape index (κ1) is 18.8. The van der Waals surface area contributed by atoms with Crippen molar-refractivity contribution in [3.63, 3.8) is 0 Å². The van der Waals surface area contributed by atoms with Crippen molar-refractivity contribution >= 4 is 5.91 Å². The molecule has 0 spiro atoms. The Kier molecular flexibility index (Phi) is 5.27. The van der Waals surface area contributed by atoms with Crippen molar-refractivity contribution in [3.8, 4) is 0 Å². The minimum Gasteiger partial charge on any atom is -0.396 e. The zero-order valence-corrected chi connectivity index (χ0v) is 14.2. The van der Waals surface area contributed by atoms with Gasteiger partial charge in [-0.15, -0.1) is 0 Å². The van der Waals surface area contributed by atoms with E-state index in [0.29, 0.717) is 25.9 Å². The first-order valence-corrected chi connectivity index (χ1v) is 8.20. The molecule has 24 heavy (non-hydrogen) atoms. The Morgan fingerprint density at radius 3 is 2.38 bits per heavy atom. The molecule has 0 bridgehead atoms. The molecule has 1 fully saturated rings. The van der Waals surface area contributed by atoms with Gasteiger partial charge >= 0.3 is 6.18 Å². The number of halogens is 3. The predicted molar refractivity (Wildman–Crippen MR) is 82.6 cm³/mol. The average molecular weight is 347 g/mol. The quantitative estimate of drug-likeness (QED) is 0.910. The van der Waals surface area contributed by atoms with Gasteiger partial charge in [-0.1, -0.05) is 6.92 Å². The lowest BCUT2D eigenvalue weighted by molar-refractivity contribution is -0.145. The van der Waals surface area contributed by atoms with Crippen molar-refractivity contribution in [2.75, 3.05) is 19.7 Å². The zero-order chi connectivity index (χ0) is 18.1. The van der Waals surface area contributed by atoms with E-state index in [2.05, 4.69) is 5.10 Å². The van der Waals surface area contributed by atoms with Crippen LogP contribution >= 0.6 is 0 Å². The highest BCUT2D eigenvalue weighted by Crippen LogP contribution is 2.37. The van der Waals surface area contributed by atoms with Gasteiger partial charge in [-0.3, -0.25) is 9.48 Å². The molecule has 1 saturated heterocycles. The Bertz CT molecular complexity index is 582. The highest BCUT2D eigenvalue weighted by molar-refractivity contribution is 5.95. The SMILES string of the molecule is CCC1(CO)CCN(C(=O)c2cnn(C(C)C)c2C(F)(F)F)CC1. The number of piperidine rings is 1. The summed E-state index contributed by atoms with van der Waals surface area (Å²) in [7, 11) is 0. The number of alkyl halides is 3. The largest absolute Gasteiger partial charge is 0.433 e. The van der Waals surface area contributed by atoms with E-state index in [1.807, 2.05) is 6.92 Å². The van der Waals surface area contributed by atoms with E-state index >= 15 is 0 Å². The molecule has 1 aromatic rings. The Labute approximate surface area is 139 Å². The van der Waals surface area contributed by atoms with Crippen LogP contribution in [-0.2, 0) is 6.18 Å². The third-order valence-corrected chi connectivity index (χ3v) is 4.98. The predicted octanol–water partition coefficient (Wildman–Crippen LogP) is 3.11. The van der Waals surface area contributed by atoms with Crippen molar-refractivity contribution in [2.45, 2.75) is 52.3 Å². The van der Waals surface area contributed by atoms with Crippen molar-refractivity contribution in [2.24, 2.45) is 5.41 Å². The van der Waals surface area contributed by atoms with Crippen LogP contribution < -0.4 is 0 Å². The molecule has 0 aromatic carbocycles. The fraction of sp³-hybridized carbons (Fsp3) is 0.750. The number of likely N-dealkylation sites (tertiary alicyclic amines) is 1. The molecule has 5 nitrogen and oxygen atoms in total. The van der Waals surface area contributed by atoms with Gasteiger partial charge in [-0.25, -0.2) is 0 Å². The second-order valence-corrected chi connectivity index (χ2v) is 6.75. The molecule has 1 aromatic heterocycles. The molecule has 1 aliphatic rings. The molecule has 0 atom stereocenters. The van der Waals surface area contributed by atoms with E-state index in [1.165, 1.54) is 4.90 Å². The van der Waals surface area contributed by atoms with Crippen LogP contribution in [0.4, 0.5) is 13.2 Å². The lowest BCUT2D eigenvalue weighted by atomic mass is 9.77. The van der Waals surface area contributed by atoms with E-state index in [4.69, 9.17) is 0 Å². The van der Waals surface area contributed by atoms with E-state index in [9.17, 15) is 23.1 Å². The second kappa shape index (κ2) is 6.74. The number of carbonyl (C=O) groups excluding carboxylic acids is 1. The van der Waals surface area contributed by atoms with Gasteiger partial charge in [0.25, 0.3) is 5.91 Å². The van der Waals surface area contributed by atoms with Gasteiger partial charge in [0.05, 0.1) is 11.8 Å². The first-order chi connectivity index (χ1) is 11.1. The summed E-state index contributed by atoms with van der Waals surface area (Å²) < 4.78 is 41.0. The van der Waals surface area contributed by atoms with Gasteiger partial charge in [-0.2, -0.15) is 18.3 Å². The van der Waals surface area contributed by atoms with Crippen LogP contribution in [0.15, 0.2) is 6.20 Å². The van der Waals surface area contributed by atoms with Crippen molar-refractivity contribution in [1.29, 1.82) is 0 Å². The smallest absolute Gasteiger partial charge is 0.396 e. The van der Waals surface area contributed by atoms with Crippen molar-refractivity contribution in [1.82, 2.24) is 14.7 Å². The molecule has 2 heterocycles. The number of hydrogen-bond acceptors (Lipinski definition) is 3. The highest BCUT2D eigenvalue weighted by atomic mass is 19.4. The van der Waals surface area contributed by atoms with E-state index in [0.717, 1.165) is 17.3 Å². The van der Waals surface area contributed by atoms with Crippen LogP contribution in [0, 0.1) is 5.41 Å². The van der Waals surface area contributed by atoms with Crippen LogP contribution in [0.25, 0.3) is 0 Å². The number of hydrogen-bond donors (Lipinski definition) is 1. The first-order valence-electron chi connectivity index (χ1n) is 8.20. The average Bonchev–Trinajstić information content (AvgIpc) is 3.00. The molecule has 0 unspecified atom stereocenters. The molecule has 0 aliphatic carbocycles. The fourth-order valence-corrected chi connectivity index (χ4v) is 3.17. The molecule has 8 heteroatoms. The van der Waals surface area contributed by atoms with Crippen molar-refractivity contribution in [3.05, 3.63) is 17.5 Å². The highest BCUT2D eigenvalue weighted by Gasteiger charge is 2.42. The number of aliphatic hydroxyl groups excluding tert-OH is 1. The number of amides is 1. The standard InChI is InChI=1S/C16H24F3N3O2/c1-4-15(10-23)5-7-21(8-6-15)14(24)12-9-20-22(11(2)3)13(12)16(17,18)19/h9,11,23H,4-8,10H2,1-3H3. The summed E-state index contributed by atoms with van der Waals surface area (Å²) in [4.78, 5) is 14.0. The summed E-state index contributed by atoms with van der Waals surface area (Å²) in [6, 6.07) is -0.494. The Balaban J connectivity index is 2.26. The van der Waals surface area contributed by atoms with Gasteiger partial charge in [0, 0.05) is 25.7 Å². The molecule has 1 N–H and O–H groups in total. The van der Waals surface area contributed by atoms with E-state index in [1.54, 1.807) is 13.8 Å². The molecule has 0 saturated carbocycles. The fourth-order valence-electron chi connectivity index (χ4n) is 3.17. The molecule has 1 amide bonds. The number of aliphatic hydroxyl groups is 1. The summed E-state index contributed by atoms with van der Waals surface area (Å²) in [5.74, 6) is -0.642. The molecule has 1 aliphatic heterocycles. The third-order valence-electron chi connectivity index (χ3n) is 4.98. The maximum atomic E-state index is 13.4. The summed E-state index contributed by atoms with van der Waals surface area (Å²) in [5, 5.41) is 13.3. The Morgan fingerprint density at radius 1 is 1.38 bits per heavy atom. The van der Waals surface area contributed by atoms with E-state index < -0.39 is 29.4 Å². The maximum Gasteiger partial charge on any atom is 0.433 e. The lowest BCUT2D eigenvalue weighted by Crippen LogP contribution is -2.44. The summed E-state index contributed by atoms with van der Waals surface area (Å²) in [5.41, 5.74) is -1.62. The summed E-state index contributed by atoms with van der Waals surface area (Å²) >= 11 is 0. The van der Waals surface area contributed by atoms with Crippen LogP contribution in [0.5, 0.6) is 0 Å². The van der Waals surface area contributed by atoms with Gasteiger partial charge in [0.1, 0.15) is 0 Å². The van der Waals surface area contributed by atoms with Gasteiger partial charge in [0.15, 0.2) is 5.69 Å². The third kappa shape index (κ3) is 3.43. The molecule has 2 rings (SSSR count). The second-order valence-electron chi connectivity index (χ2n) is 6.75.